The Kier molecular flexibility index (Phi) is 5.85. The molecule has 1 unspecified atom stereocenters. The lowest BCUT2D eigenvalue weighted by molar-refractivity contribution is 0.0920. The molecule has 1 N–H and O–H groups in total. The summed E-state index contributed by atoms with van der Waals surface area (Å²) >= 11 is 0. The molecule has 4 heteroatoms. The number of aryl methyl sites for hydroxylation is 2. The van der Waals surface area contributed by atoms with E-state index < -0.39 is 0 Å². The number of hydrogen-bond acceptors (Lipinski definition) is 3. The second-order valence-electron chi connectivity index (χ2n) is 6.23. The molecule has 2 aromatic rings. The Morgan fingerprint density at radius 3 is 2.35 bits per heavy atom. The summed E-state index contributed by atoms with van der Waals surface area (Å²) in [6, 6.07) is 8.47. The van der Waals surface area contributed by atoms with Crippen LogP contribution in [0, 0.1) is 12.8 Å². The van der Waals surface area contributed by atoms with Gasteiger partial charge in [-0.1, -0.05) is 51.5 Å². The highest BCUT2D eigenvalue weighted by molar-refractivity contribution is 5.92. The Labute approximate surface area is 138 Å². The molecule has 0 aliphatic rings. The molecule has 1 atom stereocenters. The standard InChI is InChI=1S/C19H25N3O/c1-5-6-15-7-9-16(10-8-15)18(13(2)3)22-19(23)17-12-20-14(4)11-21-17/h7-13,18H,5-6H2,1-4H3,(H,22,23). The van der Waals surface area contributed by atoms with Crippen molar-refractivity contribution in [1.29, 1.82) is 0 Å². The van der Waals surface area contributed by atoms with Crippen LogP contribution < -0.4 is 5.32 Å². The zero-order valence-corrected chi connectivity index (χ0v) is 14.3. The van der Waals surface area contributed by atoms with E-state index in [1.54, 1.807) is 6.20 Å². The first-order chi connectivity index (χ1) is 11.0. The van der Waals surface area contributed by atoms with Crippen molar-refractivity contribution in [2.45, 2.75) is 46.6 Å². The number of amides is 1. The maximum atomic E-state index is 12.4. The van der Waals surface area contributed by atoms with Gasteiger partial charge in [-0.05, 0) is 30.4 Å². The van der Waals surface area contributed by atoms with Gasteiger partial charge in [-0.2, -0.15) is 0 Å². The van der Waals surface area contributed by atoms with Gasteiger partial charge in [-0.25, -0.2) is 4.98 Å². The van der Waals surface area contributed by atoms with E-state index in [2.05, 4.69) is 60.3 Å². The average Bonchev–Trinajstić information content (AvgIpc) is 2.54. The maximum absolute atomic E-state index is 12.4. The van der Waals surface area contributed by atoms with Gasteiger partial charge in [0, 0.05) is 6.20 Å². The van der Waals surface area contributed by atoms with Crippen molar-refractivity contribution >= 4 is 5.91 Å². The number of benzene rings is 1. The lowest BCUT2D eigenvalue weighted by Gasteiger charge is -2.23. The summed E-state index contributed by atoms with van der Waals surface area (Å²) in [6.07, 6.45) is 5.35. The molecular weight excluding hydrogens is 286 g/mol. The first-order valence-electron chi connectivity index (χ1n) is 8.19. The number of nitrogens with zero attached hydrogens (tertiary/aromatic N) is 2. The van der Waals surface area contributed by atoms with Crippen molar-refractivity contribution in [2.24, 2.45) is 5.92 Å². The summed E-state index contributed by atoms with van der Waals surface area (Å²) < 4.78 is 0. The van der Waals surface area contributed by atoms with Crippen LogP contribution in [-0.4, -0.2) is 15.9 Å². The summed E-state index contributed by atoms with van der Waals surface area (Å²) in [5.41, 5.74) is 3.60. The molecule has 4 nitrogen and oxygen atoms in total. The Bertz CT molecular complexity index is 633. The lowest BCUT2D eigenvalue weighted by atomic mass is 9.94. The molecule has 2 rings (SSSR count). The first-order valence-corrected chi connectivity index (χ1v) is 8.19. The number of hydrogen-bond donors (Lipinski definition) is 1. The summed E-state index contributed by atoms with van der Waals surface area (Å²) in [6.45, 7) is 8.23. The highest BCUT2D eigenvalue weighted by Crippen LogP contribution is 2.22. The van der Waals surface area contributed by atoms with Crippen LogP contribution in [0.15, 0.2) is 36.7 Å². The van der Waals surface area contributed by atoms with Crippen LogP contribution in [0.4, 0.5) is 0 Å². The molecular formula is C19H25N3O. The van der Waals surface area contributed by atoms with Gasteiger partial charge in [0.05, 0.1) is 17.9 Å². The normalized spacial score (nSPS) is 12.2. The van der Waals surface area contributed by atoms with Gasteiger partial charge >= 0.3 is 0 Å². The second-order valence-corrected chi connectivity index (χ2v) is 6.23. The summed E-state index contributed by atoms with van der Waals surface area (Å²) in [5.74, 6) is 0.100. The van der Waals surface area contributed by atoms with Crippen LogP contribution in [0.1, 0.15) is 60.5 Å². The predicted octanol–water partition coefficient (Wildman–Crippen LogP) is 3.86. The van der Waals surface area contributed by atoms with Gasteiger partial charge < -0.3 is 5.32 Å². The Balaban J connectivity index is 2.14. The molecule has 1 aromatic heterocycles. The summed E-state index contributed by atoms with van der Waals surface area (Å²) in [5, 5.41) is 3.08. The lowest BCUT2D eigenvalue weighted by Crippen LogP contribution is -2.32. The van der Waals surface area contributed by atoms with Crippen LogP contribution >= 0.6 is 0 Å². The fourth-order valence-corrected chi connectivity index (χ4v) is 2.54. The molecule has 0 saturated heterocycles. The molecule has 1 amide bonds. The highest BCUT2D eigenvalue weighted by Gasteiger charge is 2.20. The molecule has 0 radical (unpaired) electrons. The van der Waals surface area contributed by atoms with Crippen molar-refractivity contribution < 1.29 is 4.79 Å². The topological polar surface area (TPSA) is 54.9 Å². The average molecular weight is 311 g/mol. The van der Waals surface area contributed by atoms with E-state index in [1.165, 1.54) is 11.8 Å². The largest absolute Gasteiger partial charge is 0.344 e. The van der Waals surface area contributed by atoms with Crippen LogP contribution in [0.5, 0.6) is 0 Å². The Hall–Kier alpha value is -2.23. The van der Waals surface area contributed by atoms with Crippen molar-refractivity contribution in [2.75, 3.05) is 0 Å². The molecule has 0 aliphatic carbocycles. The molecule has 122 valence electrons. The number of rotatable bonds is 6. The van der Waals surface area contributed by atoms with Crippen LogP contribution in [0.25, 0.3) is 0 Å². The van der Waals surface area contributed by atoms with Gasteiger partial charge in [0.25, 0.3) is 5.91 Å². The van der Waals surface area contributed by atoms with Gasteiger partial charge in [0.1, 0.15) is 5.69 Å². The minimum absolute atomic E-state index is 0.0405. The van der Waals surface area contributed by atoms with Crippen molar-refractivity contribution in [3.05, 3.63) is 59.2 Å². The SMILES string of the molecule is CCCc1ccc(C(NC(=O)c2cnc(C)cn2)C(C)C)cc1. The highest BCUT2D eigenvalue weighted by atomic mass is 16.1. The number of carbonyl (C=O) groups is 1. The van der Waals surface area contributed by atoms with Gasteiger partial charge in [0.15, 0.2) is 0 Å². The second kappa shape index (κ2) is 7.86. The van der Waals surface area contributed by atoms with Crippen LogP contribution in [0.3, 0.4) is 0 Å². The number of nitrogens with one attached hydrogen (secondary N) is 1. The molecule has 0 saturated carbocycles. The van der Waals surface area contributed by atoms with E-state index in [4.69, 9.17) is 0 Å². The first kappa shape index (κ1) is 17.1. The number of carbonyl (C=O) groups excluding carboxylic acids is 1. The van der Waals surface area contributed by atoms with Gasteiger partial charge in [-0.3, -0.25) is 9.78 Å². The van der Waals surface area contributed by atoms with E-state index in [1.807, 2.05) is 6.92 Å². The van der Waals surface area contributed by atoms with Crippen molar-refractivity contribution in [3.63, 3.8) is 0 Å². The van der Waals surface area contributed by atoms with Gasteiger partial charge in [0.2, 0.25) is 0 Å². The Morgan fingerprint density at radius 2 is 1.83 bits per heavy atom. The van der Waals surface area contributed by atoms with Gasteiger partial charge in [-0.15, -0.1) is 0 Å². The smallest absolute Gasteiger partial charge is 0.271 e. The number of aromatic nitrogens is 2. The minimum atomic E-state index is -0.186. The molecule has 0 bridgehead atoms. The summed E-state index contributed by atoms with van der Waals surface area (Å²) in [7, 11) is 0. The monoisotopic (exact) mass is 311 g/mol. The van der Waals surface area contributed by atoms with E-state index in [0.29, 0.717) is 5.69 Å². The Morgan fingerprint density at radius 1 is 1.13 bits per heavy atom. The van der Waals surface area contributed by atoms with E-state index in [0.717, 1.165) is 24.1 Å². The molecule has 0 fully saturated rings. The fourth-order valence-electron chi connectivity index (χ4n) is 2.54. The molecule has 0 aliphatic heterocycles. The van der Waals surface area contributed by atoms with E-state index >= 15 is 0 Å². The third-order valence-electron chi connectivity index (χ3n) is 3.84. The molecule has 1 heterocycles. The minimum Gasteiger partial charge on any atom is -0.344 e. The van der Waals surface area contributed by atoms with Crippen molar-refractivity contribution in [3.8, 4) is 0 Å². The van der Waals surface area contributed by atoms with E-state index in [-0.39, 0.29) is 17.9 Å². The zero-order valence-electron chi connectivity index (χ0n) is 14.3. The third kappa shape index (κ3) is 4.62. The predicted molar refractivity (Wildman–Crippen MR) is 92.3 cm³/mol. The molecule has 0 spiro atoms. The quantitative estimate of drug-likeness (QED) is 0.881. The van der Waals surface area contributed by atoms with Crippen LogP contribution in [0.2, 0.25) is 0 Å². The molecule has 1 aromatic carbocycles. The zero-order chi connectivity index (χ0) is 16.8. The fraction of sp³-hybridized carbons (Fsp3) is 0.421. The van der Waals surface area contributed by atoms with Crippen LogP contribution in [-0.2, 0) is 6.42 Å². The van der Waals surface area contributed by atoms with E-state index in [9.17, 15) is 4.79 Å². The maximum Gasteiger partial charge on any atom is 0.271 e. The summed E-state index contributed by atoms with van der Waals surface area (Å²) in [4.78, 5) is 20.7. The third-order valence-corrected chi connectivity index (χ3v) is 3.84. The van der Waals surface area contributed by atoms with Crippen molar-refractivity contribution in [1.82, 2.24) is 15.3 Å². The molecule has 23 heavy (non-hydrogen) atoms.